The second kappa shape index (κ2) is 13.3. The average molecular weight is 593 g/mol. The first-order valence-electron chi connectivity index (χ1n) is 14.9. The first kappa shape index (κ1) is 30.8. The number of carbonyl (C=O) groups excluding carboxylic acids is 2. The number of nitrogens with two attached hydrogens (primary N) is 1. The summed E-state index contributed by atoms with van der Waals surface area (Å²) in [5.41, 5.74) is 8.07. The summed E-state index contributed by atoms with van der Waals surface area (Å²) in [6, 6.07) is 23.5. The SMILES string of the molecule is CC(N)C(=O)NC(Cc1ccc(C(F)(F)F)cc1)C(=O)N1CC(c2ccccc2)CC1CN1CCC(c2ccccc2)C1. The molecule has 2 heterocycles. The van der Waals surface area contributed by atoms with Crippen molar-refractivity contribution in [3.63, 3.8) is 0 Å². The molecule has 2 aliphatic heterocycles. The van der Waals surface area contributed by atoms with E-state index in [1.807, 2.05) is 29.2 Å². The monoisotopic (exact) mass is 592 g/mol. The highest BCUT2D eigenvalue weighted by Crippen LogP contribution is 2.35. The minimum Gasteiger partial charge on any atom is -0.343 e. The summed E-state index contributed by atoms with van der Waals surface area (Å²) in [6.07, 6.45) is -2.56. The molecule has 0 aliphatic carbocycles. The van der Waals surface area contributed by atoms with E-state index in [1.165, 1.54) is 24.6 Å². The number of rotatable bonds is 9. The molecule has 2 aliphatic rings. The van der Waals surface area contributed by atoms with Crippen molar-refractivity contribution in [3.05, 3.63) is 107 Å². The van der Waals surface area contributed by atoms with Crippen LogP contribution >= 0.6 is 0 Å². The number of alkyl halides is 3. The Balaban J connectivity index is 1.37. The molecule has 228 valence electrons. The van der Waals surface area contributed by atoms with E-state index in [1.54, 1.807) is 0 Å². The molecule has 0 saturated carbocycles. The fraction of sp³-hybridized carbons (Fsp3) is 0.412. The fourth-order valence-electron chi connectivity index (χ4n) is 6.39. The van der Waals surface area contributed by atoms with Crippen molar-refractivity contribution in [1.82, 2.24) is 15.1 Å². The Morgan fingerprint density at radius 2 is 1.51 bits per heavy atom. The van der Waals surface area contributed by atoms with Crippen LogP contribution in [-0.2, 0) is 22.2 Å². The Morgan fingerprint density at radius 1 is 0.907 bits per heavy atom. The molecule has 0 bridgehead atoms. The summed E-state index contributed by atoms with van der Waals surface area (Å²) in [6.45, 7) is 4.60. The Kier molecular flexibility index (Phi) is 9.52. The fourth-order valence-corrected chi connectivity index (χ4v) is 6.39. The van der Waals surface area contributed by atoms with Crippen molar-refractivity contribution in [3.8, 4) is 0 Å². The van der Waals surface area contributed by atoms with Crippen LogP contribution in [0.15, 0.2) is 84.9 Å². The Morgan fingerprint density at radius 3 is 2.09 bits per heavy atom. The lowest BCUT2D eigenvalue weighted by atomic mass is 9.96. The van der Waals surface area contributed by atoms with Gasteiger partial charge in [-0.3, -0.25) is 9.59 Å². The van der Waals surface area contributed by atoms with Gasteiger partial charge in [-0.15, -0.1) is 0 Å². The molecule has 2 amide bonds. The lowest BCUT2D eigenvalue weighted by Gasteiger charge is -2.32. The van der Waals surface area contributed by atoms with E-state index >= 15 is 0 Å². The number of carbonyl (C=O) groups is 2. The molecule has 5 rings (SSSR count). The molecule has 3 N–H and O–H groups in total. The second-order valence-corrected chi connectivity index (χ2v) is 11.9. The van der Waals surface area contributed by atoms with Crippen molar-refractivity contribution >= 4 is 11.8 Å². The number of nitrogens with zero attached hydrogens (tertiary/aromatic N) is 2. The quantitative estimate of drug-likeness (QED) is 0.369. The van der Waals surface area contributed by atoms with Gasteiger partial charge in [0.25, 0.3) is 0 Å². The van der Waals surface area contributed by atoms with Crippen molar-refractivity contribution < 1.29 is 22.8 Å². The van der Waals surface area contributed by atoms with E-state index in [-0.39, 0.29) is 24.3 Å². The van der Waals surface area contributed by atoms with Gasteiger partial charge < -0.3 is 20.9 Å². The van der Waals surface area contributed by atoms with E-state index in [0.717, 1.165) is 43.6 Å². The number of amides is 2. The van der Waals surface area contributed by atoms with Gasteiger partial charge in [-0.05, 0) is 61.1 Å². The highest BCUT2D eigenvalue weighted by molar-refractivity contribution is 5.90. The molecule has 6 nitrogen and oxygen atoms in total. The summed E-state index contributed by atoms with van der Waals surface area (Å²) in [4.78, 5) is 31.3. The number of halogens is 3. The predicted octanol–water partition coefficient (Wildman–Crippen LogP) is 4.95. The molecule has 2 saturated heterocycles. The third-order valence-electron chi connectivity index (χ3n) is 8.73. The number of nitrogens with one attached hydrogen (secondary N) is 1. The van der Waals surface area contributed by atoms with Gasteiger partial charge in [0, 0.05) is 38.0 Å². The Hall–Kier alpha value is -3.69. The van der Waals surface area contributed by atoms with Crippen molar-refractivity contribution in [2.75, 3.05) is 26.2 Å². The summed E-state index contributed by atoms with van der Waals surface area (Å²) in [5.74, 6) is -0.144. The third kappa shape index (κ3) is 7.64. The van der Waals surface area contributed by atoms with Crippen LogP contribution in [-0.4, -0.2) is 65.9 Å². The lowest BCUT2D eigenvalue weighted by Crippen LogP contribution is -2.55. The van der Waals surface area contributed by atoms with Gasteiger partial charge in [-0.25, -0.2) is 0 Å². The highest BCUT2D eigenvalue weighted by Gasteiger charge is 2.41. The number of likely N-dealkylation sites (tertiary alicyclic amines) is 2. The van der Waals surface area contributed by atoms with Gasteiger partial charge in [0.15, 0.2) is 0 Å². The highest BCUT2D eigenvalue weighted by atomic mass is 19.4. The zero-order valence-electron chi connectivity index (χ0n) is 24.3. The molecule has 9 heteroatoms. The molecule has 2 fully saturated rings. The van der Waals surface area contributed by atoms with Crippen molar-refractivity contribution in [1.29, 1.82) is 0 Å². The first-order chi connectivity index (χ1) is 20.6. The van der Waals surface area contributed by atoms with E-state index in [0.29, 0.717) is 24.6 Å². The first-order valence-corrected chi connectivity index (χ1v) is 14.9. The van der Waals surface area contributed by atoms with Gasteiger partial charge in [0.05, 0.1) is 11.6 Å². The third-order valence-corrected chi connectivity index (χ3v) is 8.73. The standard InChI is InChI=1S/C34H39F3N4O2/c1-23(38)32(42)39-31(18-24-12-14-29(15-13-24)34(35,36)37)33(43)41-21-28(26-10-6-3-7-11-26)19-30(41)22-40-17-16-27(20-40)25-8-4-2-5-9-25/h2-15,23,27-28,30-31H,16-22,38H2,1H3,(H,39,42). The summed E-state index contributed by atoms with van der Waals surface area (Å²) in [7, 11) is 0. The van der Waals surface area contributed by atoms with Crippen molar-refractivity contribution in [2.24, 2.45) is 5.73 Å². The maximum atomic E-state index is 14.3. The van der Waals surface area contributed by atoms with Crippen LogP contribution in [0.5, 0.6) is 0 Å². The van der Waals surface area contributed by atoms with E-state index in [2.05, 4.69) is 46.6 Å². The van der Waals surface area contributed by atoms with Gasteiger partial charge >= 0.3 is 6.18 Å². The number of benzene rings is 3. The molecule has 0 spiro atoms. The van der Waals surface area contributed by atoms with Crippen LogP contribution in [0.3, 0.4) is 0 Å². The number of hydrogen-bond donors (Lipinski definition) is 2. The molecular weight excluding hydrogens is 553 g/mol. The zero-order chi connectivity index (χ0) is 30.6. The largest absolute Gasteiger partial charge is 0.416 e. The normalized spacial score (nSPS) is 22.3. The maximum absolute atomic E-state index is 14.3. The average Bonchev–Trinajstić information content (AvgIpc) is 3.65. The predicted molar refractivity (Wildman–Crippen MR) is 160 cm³/mol. The zero-order valence-corrected chi connectivity index (χ0v) is 24.3. The lowest BCUT2D eigenvalue weighted by molar-refractivity contribution is -0.138. The molecular formula is C34H39F3N4O2. The molecule has 3 aromatic carbocycles. The van der Waals surface area contributed by atoms with Crippen LogP contribution in [0.2, 0.25) is 0 Å². The topological polar surface area (TPSA) is 78.7 Å². The minimum absolute atomic E-state index is 0.0639. The second-order valence-electron chi connectivity index (χ2n) is 11.9. The Labute approximate surface area is 251 Å². The van der Waals surface area contributed by atoms with Crippen molar-refractivity contribution in [2.45, 2.75) is 62.3 Å². The van der Waals surface area contributed by atoms with Gasteiger partial charge in [-0.1, -0.05) is 72.8 Å². The van der Waals surface area contributed by atoms with Gasteiger partial charge in [0.2, 0.25) is 11.8 Å². The van der Waals surface area contributed by atoms with Crippen LogP contribution in [0, 0.1) is 0 Å². The molecule has 5 unspecified atom stereocenters. The van der Waals surface area contributed by atoms with Gasteiger partial charge in [-0.2, -0.15) is 13.2 Å². The van der Waals surface area contributed by atoms with Crippen LogP contribution in [0.1, 0.15) is 53.9 Å². The number of hydrogen-bond acceptors (Lipinski definition) is 4. The smallest absolute Gasteiger partial charge is 0.343 e. The summed E-state index contributed by atoms with van der Waals surface area (Å²) in [5, 5.41) is 2.79. The van der Waals surface area contributed by atoms with Gasteiger partial charge in [0.1, 0.15) is 6.04 Å². The van der Waals surface area contributed by atoms with E-state index in [4.69, 9.17) is 5.73 Å². The van der Waals surface area contributed by atoms with Crippen LogP contribution in [0.25, 0.3) is 0 Å². The minimum atomic E-state index is -4.46. The van der Waals surface area contributed by atoms with Crippen LogP contribution < -0.4 is 11.1 Å². The van der Waals surface area contributed by atoms with E-state index in [9.17, 15) is 22.8 Å². The molecule has 3 aromatic rings. The molecule has 5 atom stereocenters. The summed E-state index contributed by atoms with van der Waals surface area (Å²) < 4.78 is 39.4. The molecule has 0 aromatic heterocycles. The maximum Gasteiger partial charge on any atom is 0.416 e. The Bertz CT molecular complexity index is 1370. The molecule has 43 heavy (non-hydrogen) atoms. The van der Waals surface area contributed by atoms with E-state index < -0.39 is 29.7 Å². The summed E-state index contributed by atoms with van der Waals surface area (Å²) >= 11 is 0. The van der Waals surface area contributed by atoms with Crippen LogP contribution in [0.4, 0.5) is 13.2 Å². The molecule has 0 radical (unpaired) electrons.